The Kier molecular flexibility index (Phi) is 7.65. The standard InChI is InChI=1S/C16H26N2O5S/c1-6-23-14-8-7-13(16(19)17-12(4)10-22-5)9-15(14)24(20,21)18-11(2)3/h7-9,11-12,18H,6,10H2,1-5H3,(H,17,19)/t12-/m1/s1. The summed E-state index contributed by atoms with van der Waals surface area (Å²) in [6.45, 7) is 7.69. The fourth-order valence-corrected chi connectivity index (χ4v) is 3.53. The van der Waals surface area contributed by atoms with Gasteiger partial charge in [0, 0.05) is 24.8 Å². The number of benzene rings is 1. The molecule has 1 aromatic rings. The molecule has 2 N–H and O–H groups in total. The molecule has 0 spiro atoms. The molecule has 0 aliphatic heterocycles. The number of carbonyl (C=O) groups excluding carboxylic acids is 1. The first-order chi connectivity index (χ1) is 11.2. The van der Waals surface area contributed by atoms with E-state index in [2.05, 4.69) is 10.0 Å². The van der Waals surface area contributed by atoms with Crippen molar-refractivity contribution >= 4 is 15.9 Å². The van der Waals surface area contributed by atoms with Crippen molar-refractivity contribution in [1.29, 1.82) is 0 Å². The number of rotatable bonds is 9. The first-order valence-electron chi connectivity index (χ1n) is 7.80. The second-order valence-corrected chi connectivity index (χ2v) is 7.38. The topological polar surface area (TPSA) is 93.7 Å². The maximum atomic E-state index is 12.5. The van der Waals surface area contributed by atoms with E-state index < -0.39 is 10.0 Å². The van der Waals surface area contributed by atoms with Gasteiger partial charge in [0.25, 0.3) is 5.91 Å². The second kappa shape index (κ2) is 9.00. The van der Waals surface area contributed by atoms with Crippen LogP contribution in [0.25, 0.3) is 0 Å². The minimum absolute atomic E-state index is 0.0508. The van der Waals surface area contributed by atoms with E-state index in [4.69, 9.17) is 9.47 Å². The lowest BCUT2D eigenvalue weighted by Gasteiger charge is -2.16. The summed E-state index contributed by atoms with van der Waals surface area (Å²) >= 11 is 0. The van der Waals surface area contributed by atoms with E-state index in [-0.39, 0.29) is 34.2 Å². The quantitative estimate of drug-likeness (QED) is 0.698. The average Bonchev–Trinajstić information content (AvgIpc) is 2.46. The maximum Gasteiger partial charge on any atom is 0.251 e. The Morgan fingerprint density at radius 1 is 1.25 bits per heavy atom. The van der Waals surface area contributed by atoms with Crippen molar-refractivity contribution < 1.29 is 22.7 Å². The van der Waals surface area contributed by atoms with Gasteiger partial charge in [-0.25, -0.2) is 13.1 Å². The fourth-order valence-electron chi connectivity index (χ4n) is 2.11. The average molecular weight is 358 g/mol. The molecule has 0 aliphatic carbocycles. The van der Waals surface area contributed by atoms with Gasteiger partial charge in [-0.05, 0) is 45.9 Å². The van der Waals surface area contributed by atoms with Crippen molar-refractivity contribution in [2.75, 3.05) is 20.3 Å². The Labute approximate surface area is 143 Å². The lowest BCUT2D eigenvalue weighted by molar-refractivity contribution is 0.0905. The Hall–Kier alpha value is -1.64. The molecule has 1 aromatic carbocycles. The van der Waals surface area contributed by atoms with Crippen molar-refractivity contribution in [3.05, 3.63) is 23.8 Å². The monoisotopic (exact) mass is 358 g/mol. The maximum absolute atomic E-state index is 12.5. The summed E-state index contributed by atoms with van der Waals surface area (Å²) in [4.78, 5) is 12.2. The van der Waals surface area contributed by atoms with E-state index in [0.29, 0.717) is 13.2 Å². The van der Waals surface area contributed by atoms with Gasteiger partial charge in [-0.3, -0.25) is 4.79 Å². The van der Waals surface area contributed by atoms with Gasteiger partial charge < -0.3 is 14.8 Å². The van der Waals surface area contributed by atoms with Crippen LogP contribution in [0.2, 0.25) is 0 Å². The molecular weight excluding hydrogens is 332 g/mol. The summed E-state index contributed by atoms with van der Waals surface area (Å²) in [5.41, 5.74) is 0.241. The molecule has 136 valence electrons. The summed E-state index contributed by atoms with van der Waals surface area (Å²) in [5, 5.41) is 2.75. The number of sulfonamides is 1. The Morgan fingerprint density at radius 2 is 1.92 bits per heavy atom. The zero-order valence-corrected chi connectivity index (χ0v) is 15.6. The highest BCUT2D eigenvalue weighted by molar-refractivity contribution is 7.89. The summed E-state index contributed by atoms with van der Waals surface area (Å²) in [5.74, 6) is -0.157. The molecule has 1 rings (SSSR count). The number of hydrogen-bond acceptors (Lipinski definition) is 5. The van der Waals surface area contributed by atoms with Crippen molar-refractivity contribution in [1.82, 2.24) is 10.0 Å². The molecule has 0 radical (unpaired) electrons. The van der Waals surface area contributed by atoms with Crippen LogP contribution >= 0.6 is 0 Å². The molecule has 0 heterocycles. The second-order valence-electron chi connectivity index (χ2n) is 5.70. The molecule has 8 heteroatoms. The van der Waals surface area contributed by atoms with E-state index in [1.807, 2.05) is 0 Å². The van der Waals surface area contributed by atoms with Gasteiger partial charge >= 0.3 is 0 Å². The lowest BCUT2D eigenvalue weighted by atomic mass is 10.2. The summed E-state index contributed by atoms with van der Waals surface area (Å²) in [6.07, 6.45) is 0. The molecule has 0 unspecified atom stereocenters. The molecule has 0 saturated carbocycles. The van der Waals surface area contributed by atoms with Crippen molar-refractivity contribution in [3.8, 4) is 5.75 Å². The highest BCUT2D eigenvalue weighted by Gasteiger charge is 2.23. The number of amides is 1. The van der Waals surface area contributed by atoms with E-state index >= 15 is 0 Å². The Bertz CT molecular complexity index is 658. The van der Waals surface area contributed by atoms with E-state index in [0.717, 1.165) is 0 Å². The van der Waals surface area contributed by atoms with E-state index in [1.54, 1.807) is 34.8 Å². The van der Waals surface area contributed by atoms with Crippen LogP contribution in [0, 0.1) is 0 Å². The Balaban J connectivity index is 3.19. The predicted octanol–water partition coefficient (Wildman–Crippen LogP) is 1.54. The van der Waals surface area contributed by atoms with Crippen LogP contribution in [0.4, 0.5) is 0 Å². The van der Waals surface area contributed by atoms with Gasteiger partial charge in [0.1, 0.15) is 10.6 Å². The van der Waals surface area contributed by atoms with Crippen LogP contribution in [-0.2, 0) is 14.8 Å². The van der Waals surface area contributed by atoms with Crippen LogP contribution in [0.3, 0.4) is 0 Å². The minimum Gasteiger partial charge on any atom is -0.492 e. The highest BCUT2D eigenvalue weighted by Crippen LogP contribution is 2.25. The number of nitrogens with one attached hydrogen (secondary N) is 2. The van der Waals surface area contributed by atoms with Crippen LogP contribution in [-0.4, -0.2) is 46.7 Å². The summed E-state index contributed by atoms with van der Waals surface area (Å²) < 4.78 is 37.9. The molecule has 7 nitrogen and oxygen atoms in total. The van der Waals surface area contributed by atoms with E-state index in [9.17, 15) is 13.2 Å². The minimum atomic E-state index is -3.79. The number of ether oxygens (including phenoxy) is 2. The molecule has 0 aromatic heterocycles. The molecule has 0 fully saturated rings. The van der Waals surface area contributed by atoms with Gasteiger partial charge in [0.05, 0.1) is 13.2 Å². The number of hydrogen-bond donors (Lipinski definition) is 2. The molecule has 0 bridgehead atoms. The third kappa shape index (κ3) is 5.77. The number of methoxy groups -OCH3 is 1. The first kappa shape index (κ1) is 20.4. The zero-order chi connectivity index (χ0) is 18.3. The third-order valence-electron chi connectivity index (χ3n) is 2.98. The van der Waals surface area contributed by atoms with Crippen molar-refractivity contribution in [2.24, 2.45) is 0 Å². The smallest absolute Gasteiger partial charge is 0.251 e. The lowest BCUT2D eigenvalue weighted by Crippen LogP contribution is -2.36. The van der Waals surface area contributed by atoms with Crippen LogP contribution in [0.1, 0.15) is 38.1 Å². The molecular formula is C16H26N2O5S. The molecule has 1 atom stereocenters. The number of carbonyl (C=O) groups is 1. The van der Waals surface area contributed by atoms with Crippen LogP contribution in [0.5, 0.6) is 5.75 Å². The van der Waals surface area contributed by atoms with Crippen molar-refractivity contribution in [2.45, 2.75) is 44.7 Å². The van der Waals surface area contributed by atoms with Gasteiger partial charge in [0.15, 0.2) is 0 Å². The van der Waals surface area contributed by atoms with Gasteiger partial charge in [-0.2, -0.15) is 0 Å². The molecule has 1 amide bonds. The van der Waals surface area contributed by atoms with Gasteiger partial charge in [-0.15, -0.1) is 0 Å². The molecule has 24 heavy (non-hydrogen) atoms. The van der Waals surface area contributed by atoms with Crippen LogP contribution in [0.15, 0.2) is 23.1 Å². The SMILES string of the molecule is CCOc1ccc(C(=O)N[C@H](C)COC)cc1S(=O)(=O)NC(C)C. The zero-order valence-electron chi connectivity index (χ0n) is 14.8. The largest absolute Gasteiger partial charge is 0.492 e. The normalized spacial score (nSPS) is 12.9. The predicted molar refractivity (Wildman–Crippen MR) is 91.9 cm³/mol. The van der Waals surface area contributed by atoms with Crippen LogP contribution < -0.4 is 14.8 Å². The highest BCUT2D eigenvalue weighted by atomic mass is 32.2. The van der Waals surface area contributed by atoms with E-state index in [1.165, 1.54) is 18.2 Å². The van der Waals surface area contributed by atoms with Gasteiger partial charge in [0.2, 0.25) is 10.0 Å². The van der Waals surface area contributed by atoms with Crippen molar-refractivity contribution in [3.63, 3.8) is 0 Å². The Morgan fingerprint density at radius 3 is 2.46 bits per heavy atom. The third-order valence-corrected chi connectivity index (χ3v) is 4.66. The molecule has 0 aliphatic rings. The fraction of sp³-hybridized carbons (Fsp3) is 0.562. The van der Waals surface area contributed by atoms with Gasteiger partial charge in [-0.1, -0.05) is 0 Å². The summed E-state index contributed by atoms with van der Waals surface area (Å²) in [7, 11) is -2.24. The molecule has 0 saturated heterocycles. The first-order valence-corrected chi connectivity index (χ1v) is 9.28. The summed E-state index contributed by atoms with van der Waals surface area (Å²) in [6, 6.07) is 3.89.